The van der Waals surface area contributed by atoms with Gasteiger partial charge < -0.3 is 5.32 Å². The molecule has 16 heavy (non-hydrogen) atoms. The zero-order valence-corrected chi connectivity index (χ0v) is 10.7. The summed E-state index contributed by atoms with van der Waals surface area (Å²) < 4.78 is 1.88. The molecule has 0 amide bonds. The van der Waals surface area contributed by atoms with Gasteiger partial charge in [0.15, 0.2) is 0 Å². The molecule has 0 spiro atoms. The molecule has 1 N–H and O–H groups in total. The Morgan fingerprint density at radius 3 is 2.62 bits per heavy atom. The molecule has 2 atom stereocenters. The number of hydrogen-bond donors (Lipinski definition) is 1. The quantitative estimate of drug-likeness (QED) is 0.736. The molecule has 1 rings (SSSR count). The van der Waals surface area contributed by atoms with Gasteiger partial charge in [0.05, 0.1) is 0 Å². The van der Waals surface area contributed by atoms with Crippen molar-refractivity contribution in [2.75, 3.05) is 0 Å². The normalized spacial score (nSPS) is 14.9. The number of aryl methyl sites for hydroxylation is 1. The molecule has 1 aromatic heterocycles. The van der Waals surface area contributed by atoms with Gasteiger partial charge in [-0.1, -0.05) is 19.8 Å². The molecule has 0 saturated carbocycles. The fourth-order valence-electron chi connectivity index (χ4n) is 1.84. The molecule has 4 heteroatoms. The third-order valence-electron chi connectivity index (χ3n) is 2.82. The highest BCUT2D eigenvalue weighted by molar-refractivity contribution is 4.68. The van der Waals surface area contributed by atoms with Crippen LogP contribution >= 0.6 is 0 Å². The van der Waals surface area contributed by atoms with E-state index in [0.29, 0.717) is 12.1 Å². The van der Waals surface area contributed by atoms with Crippen molar-refractivity contribution in [3.05, 3.63) is 12.7 Å². The Balaban J connectivity index is 2.12. The van der Waals surface area contributed by atoms with E-state index in [1.54, 1.807) is 12.7 Å². The zero-order chi connectivity index (χ0) is 11.8. The first-order valence-corrected chi connectivity index (χ1v) is 6.30. The zero-order valence-electron chi connectivity index (χ0n) is 10.7. The Hall–Kier alpha value is -0.900. The van der Waals surface area contributed by atoms with Crippen LogP contribution in [0.2, 0.25) is 0 Å². The molecule has 0 aliphatic heterocycles. The van der Waals surface area contributed by atoms with Crippen molar-refractivity contribution in [1.29, 1.82) is 0 Å². The third kappa shape index (κ3) is 5.26. The predicted molar refractivity (Wildman–Crippen MR) is 66.2 cm³/mol. The van der Waals surface area contributed by atoms with E-state index in [0.717, 1.165) is 13.0 Å². The Morgan fingerprint density at radius 2 is 2.00 bits per heavy atom. The van der Waals surface area contributed by atoms with Gasteiger partial charge >= 0.3 is 0 Å². The molecular formula is C12H24N4. The van der Waals surface area contributed by atoms with Gasteiger partial charge in [0.2, 0.25) is 0 Å². The molecule has 0 saturated heterocycles. The van der Waals surface area contributed by atoms with E-state index in [1.165, 1.54) is 19.3 Å². The van der Waals surface area contributed by atoms with Gasteiger partial charge in [-0.25, -0.2) is 4.98 Å². The first-order chi connectivity index (χ1) is 7.72. The van der Waals surface area contributed by atoms with Crippen LogP contribution in [0.4, 0.5) is 0 Å². The molecule has 0 aliphatic carbocycles. The summed E-state index contributed by atoms with van der Waals surface area (Å²) in [5, 5.41) is 7.71. The van der Waals surface area contributed by atoms with Crippen LogP contribution in [0.15, 0.2) is 12.7 Å². The van der Waals surface area contributed by atoms with Gasteiger partial charge in [-0.05, 0) is 26.7 Å². The maximum absolute atomic E-state index is 4.09. The average molecular weight is 224 g/mol. The molecule has 0 fully saturated rings. The van der Waals surface area contributed by atoms with E-state index >= 15 is 0 Å². The van der Waals surface area contributed by atoms with Gasteiger partial charge in [-0.3, -0.25) is 4.68 Å². The van der Waals surface area contributed by atoms with E-state index in [2.05, 4.69) is 36.2 Å². The average Bonchev–Trinajstić information content (AvgIpc) is 2.76. The lowest BCUT2D eigenvalue weighted by atomic mass is 10.1. The van der Waals surface area contributed by atoms with E-state index < -0.39 is 0 Å². The monoisotopic (exact) mass is 224 g/mol. The van der Waals surface area contributed by atoms with Crippen molar-refractivity contribution < 1.29 is 0 Å². The molecule has 0 bridgehead atoms. The van der Waals surface area contributed by atoms with Crippen LogP contribution in [-0.4, -0.2) is 26.8 Å². The lowest BCUT2D eigenvalue weighted by molar-refractivity contribution is 0.396. The summed E-state index contributed by atoms with van der Waals surface area (Å²) in [5.41, 5.74) is 0. The van der Waals surface area contributed by atoms with Crippen LogP contribution in [0.25, 0.3) is 0 Å². The van der Waals surface area contributed by atoms with E-state index in [1.807, 2.05) is 4.68 Å². The standard InChI is InChI=1S/C12H24N4/c1-4-5-6-11(2)15-12(3)7-8-16-10-13-9-14-16/h9-12,15H,4-8H2,1-3H3. The number of nitrogens with zero attached hydrogens (tertiary/aromatic N) is 3. The smallest absolute Gasteiger partial charge is 0.137 e. The van der Waals surface area contributed by atoms with Crippen molar-refractivity contribution in [2.24, 2.45) is 0 Å². The highest BCUT2D eigenvalue weighted by atomic mass is 15.3. The summed E-state index contributed by atoms with van der Waals surface area (Å²) in [6, 6.07) is 1.15. The fraction of sp³-hybridized carbons (Fsp3) is 0.833. The van der Waals surface area contributed by atoms with E-state index in [4.69, 9.17) is 0 Å². The first-order valence-electron chi connectivity index (χ1n) is 6.30. The lowest BCUT2D eigenvalue weighted by Crippen LogP contribution is -2.35. The van der Waals surface area contributed by atoms with Gasteiger partial charge in [-0.15, -0.1) is 0 Å². The SMILES string of the molecule is CCCCC(C)NC(C)CCn1cncn1. The van der Waals surface area contributed by atoms with Crippen LogP contribution in [0.1, 0.15) is 46.5 Å². The minimum atomic E-state index is 0.538. The third-order valence-corrected chi connectivity index (χ3v) is 2.82. The van der Waals surface area contributed by atoms with Crippen molar-refractivity contribution in [3.63, 3.8) is 0 Å². The topological polar surface area (TPSA) is 42.7 Å². The van der Waals surface area contributed by atoms with Crippen LogP contribution in [-0.2, 0) is 6.54 Å². The van der Waals surface area contributed by atoms with Crippen LogP contribution in [0.3, 0.4) is 0 Å². The van der Waals surface area contributed by atoms with Gasteiger partial charge in [0, 0.05) is 18.6 Å². The van der Waals surface area contributed by atoms with E-state index in [-0.39, 0.29) is 0 Å². The van der Waals surface area contributed by atoms with Crippen molar-refractivity contribution in [1.82, 2.24) is 20.1 Å². The Morgan fingerprint density at radius 1 is 1.25 bits per heavy atom. The Labute approximate surface area is 98.5 Å². The van der Waals surface area contributed by atoms with Crippen LogP contribution in [0.5, 0.6) is 0 Å². The molecule has 1 heterocycles. The van der Waals surface area contributed by atoms with Crippen molar-refractivity contribution >= 4 is 0 Å². The lowest BCUT2D eigenvalue weighted by Gasteiger charge is -2.19. The minimum Gasteiger partial charge on any atom is -0.312 e. The first kappa shape index (κ1) is 13.2. The second-order valence-electron chi connectivity index (χ2n) is 4.56. The number of hydrogen-bond acceptors (Lipinski definition) is 3. The Bertz CT molecular complexity index is 258. The summed E-state index contributed by atoms with van der Waals surface area (Å²) in [5.74, 6) is 0. The highest BCUT2D eigenvalue weighted by Gasteiger charge is 2.06. The summed E-state index contributed by atoms with van der Waals surface area (Å²) >= 11 is 0. The van der Waals surface area contributed by atoms with Gasteiger partial charge in [0.25, 0.3) is 0 Å². The largest absolute Gasteiger partial charge is 0.312 e. The molecule has 2 unspecified atom stereocenters. The molecule has 0 aliphatic rings. The predicted octanol–water partition coefficient (Wildman–Crippen LogP) is 2.23. The number of unbranched alkanes of at least 4 members (excludes halogenated alkanes) is 1. The summed E-state index contributed by atoms with van der Waals surface area (Å²) in [6.07, 6.45) is 8.31. The minimum absolute atomic E-state index is 0.538. The molecule has 4 nitrogen and oxygen atoms in total. The molecule has 0 aromatic carbocycles. The molecular weight excluding hydrogens is 200 g/mol. The molecule has 0 radical (unpaired) electrons. The highest BCUT2D eigenvalue weighted by Crippen LogP contribution is 2.02. The van der Waals surface area contributed by atoms with Crippen molar-refractivity contribution in [2.45, 2.75) is 65.1 Å². The summed E-state index contributed by atoms with van der Waals surface area (Å²) in [7, 11) is 0. The van der Waals surface area contributed by atoms with Gasteiger partial charge in [-0.2, -0.15) is 5.10 Å². The second kappa shape index (κ2) is 7.39. The second-order valence-corrected chi connectivity index (χ2v) is 4.56. The number of nitrogens with one attached hydrogen (secondary N) is 1. The maximum Gasteiger partial charge on any atom is 0.137 e. The number of aromatic nitrogens is 3. The summed E-state index contributed by atoms with van der Waals surface area (Å²) in [4.78, 5) is 3.93. The molecule has 92 valence electrons. The fourth-order valence-corrected chi connectivity index (χ4v) is 1.84. The van der Waals surface area contributed by atoms with Crippen molar-refractivity contribution in [3.8, 4) is 0 Å². The van der Waals surface area contributed by atoms with Gasteiger partial charge in [0.1, 0.15) is 12.7 Å². The summed E-state index contributed by atoms with van der Waals surface area (Å²) in [6.45, 7) is 7.68. The maximum atomic E-state index is 4.09. The van der Waals surface area contributed by atoms with Crippen LogP contribution in [0, 0.1) is 0 Å². The van der Waals surface area contributed by atoms with E-state index in [9.17, 15) is 0 Å². The molecule has 1 aromatic rings. The van der Waals surface area contributed by atoms with Crippen LogP contribution < -0.4 is 5.32 Å². The Kier molecular flexibility index (Phi) is 6.08. The number of rotatable bonds is 8.